The molecule has 12 heavy (non-hydrogen) atoms. The fourth-order valence-corrected chi connectivity index (χ4v) is 0.646. The van der Waals surface area contributed by atoms with E-state index in [9.17, 15) is 9.18 Å². The van der Waals surface area contributed by atoms with Crippen LogP contribution < -0.4 is 0 Å². The highest BCUT2D eigenvalue weighted by atomic mass is 19.1. The zero-order chi connectivity index (χ0) is 9.40. The summed E-state index contributed by atoms with van der Waals surface area (Å²) in [7, 11) is 1.48. The van der Waals surface area contributed by atoms with Crippen LogP contribution in [0.1, 0.15) is 6.92 Å². The number of methoxy groups -OCH3 is 1. The molecule has 0 saturated heterocycles. The lowest BCUT2D eigenvalue weighted by Gasteiger charge is -2.18. The summed E-state index contributed by atoms with van der Waals surface area (Å²) < 4.78 is 20.8. The summed E-state index contributed by atoms with van der Waals surface area (Å²) in [5, 5.41) is 0. The van der Waals surface area contributed by atoms with Crippen molar-refractivity contribution < 1.29 is 18.7 Å². The molecule has 0 unspecified atom stereocenters. The van der Waals surface area contributed by atoms with Gasteiger partial charge < -0.3 is 9.47 Å². The smallest absolute Gasteiger partial charge is 0.411 e. The van der Waals surface area contributed by atoms with Crippen LogP contribution in [0.4, 0.5) is 9.18 Å². The van der Waals surface area contributed by atoms with E-state index in [0.717, 1.165) is 0 Å². The van der Waals surface area contributed by atoms with Crippen molar-refractivity contribution in [1.29, 1.82) is 0 Å². The predicted molar refractivity (Wildman–Crippen MR) is 41.6 cm³/mol. The van der Waals surface area contributed by atoms with Gasteiger partial charge in [-0.3, -0.25) is 4.90 Å². The maximum Gasteiger partial charge on any atom is 0.411 e. The van der Waals surface area contributed by atoms with Crippen LogP contribution in [0.15, 0.2) is 0 Å². The molecule has 0 atom stereocenters. The largest absolute Gasteiger partial charge is 0.447 e. The maximum atomic E-state index is 11.6. The summed E-state index contributed by atoms with van der Waals surface area (Å²) in [4.78, 5) is 12.3. The zero-order valence-electron chi connectivity index (χ0n) is 7.38. The molecule has 1 amide bonds. The molecule has 0 fully saturated rings. The van der Waals surface area contributed by atoms with Crippen molar-refractivity contribution in [3.05, 3.63) is 0 Å². The van der Waals surface area contributed by atoms with Crippen LogP contribution in [-0.2, 0) is 9.47 Å². The molecule has 0 rings (SSSR count). The summed E-state index contributed by atoms with van der Waals surface area (Å²) in [6.45, 7) is 1.59. The van der Waals surface area contributed by atoms with Crippen molar-refractivity contribution in [1.82, 2.24) is 4.90 Å². The van der Waals surface area contributed by atoms with E-state index in [2.05, 4.69) is 4.74 Å². The molecule has 0 aliphatic carbocycles. The molecule has 0 bridgehead atoms. The van der Waals surface area contributed by atoms with Crippen LogP contribution in [0, 0.1) is 0 Å². The average Bonchev–Trinajstić information content (AvgIpc) is 2.10. The van der Waals surface area contributed by atoms with Gasteiger partial charge in [0.2, 0.25) is 0 Å². The van der Waals surface area contributed by atoms with Crippen molar-refractivity contribution >= 4 is 6.09 Å². The van der Waals surface area contributed by atoms with E-state index in [4.69, 9.17) is 4.74 Å². The first kappa shape index (κ1) is 11.2. The lowest BCUT2D eigenvalue weighted by molar-refractivity contribution is 0.0416. The molecule has 0 heterocycles. The average molecular weight is 179 g/mol. The highest BCUT2D eigenvalue weighted by molar-refractivity contribution is 5.67. The fourth-order valence-electron chi connectivity index (χ4n) is 0.646. The van der Waals surface area contributed by atoms with Gasteiger partial charge in [0.25, 0.3) is 0 Å². The number of ether oxygens (including phenoxy) is 2. The van der Waals surface area contributed by atoms with Crippen LogP contribution in [0.5, 0.6) is 0 Å². The highest BCUT2D eigenvalue weighted by Crippen LogP contribution is 1.93. The Bertz CT molecular complexity index is 132. The first-order valence-corrected chi connectivity index (χ1v) is 3.72. The van der Waals surface area contributed by atoms with Crippen molar-refractivity contribution in [2.24, 2.45) is 0 Å². The normalized spacial score (nSPS) is 9.58. The van der Waals surface area contributed by atoms with Crippen LogP contribution in [0.3, 0.4) is 0 Å². The van der Waals surface area contributed by atoms with Gasteiger partial charge in [-0.2, -0.15) is 0 Å². The molecule has 0 radical (unpaired) electrons. The van der Waals surface area contributed by atoms with Gasteiger partial charge in [-0.15, -0.1) is 0 Å². The Morgan fingerprint density at radius 2 is 2.25 bits per heavy atom. The van der Waals surface area contributed by atoms with Crippen molar-refractivity contribution in [2.45, 2.75) is 6.92 Å². The number of amides is 1. The number of carbonyl (C=O) groups excluding carboxylic acids is 1. The molecule has 5 heteroatoms. The van der Waals surface area contributed by atoms with Gasteiger partial charge in [0.15, 0.2) is 0 Å². The molecule has 0 aromatic rings. The van der Waals surface area contributed by atoms with E-state index in [1.807, 2.05) is 0 Å². The van der Waals surface area contributed by atoms with E-state index in [-0.39, 0.29) is 13.3 Å². The molecule has 4 nitrogen and oxygen atoms in total. The summed E-state index contributed by atoms with van der Waals surface area (Å²) in [6, 6.07) is 0. The number of alkyl halides is 1. The minimum atomic E-state index is -0.656. The van der Waals surface area contributed by atoms with Gasteiger partial charge in [0, 0.05) is 13.7 Å². The Hall–Kier alpha value is -0.840. The fraction of sp³-hybridized carbons (Fsp3) is 0.857. The number of halogens is 1. The monoisotopic (exact) mass is 179 g/mol. The molecule has 0 aliphatic rings. The van der Waals surface area contributed by atoms with Gasteiger partial charge in [0.1, 0.15) is 20.0 Å². The molecular formula is C7H14FNO3. The third-order valence-corrected chi connectivity index (χ3v) is 1.23. The second-order valence-corrected chi connectivity index (χ2v) is 2.08. The lowest BCUT2D eigenvalue weighted by atomic mass is 10.6. The molecule has 72 valence electrons. The summed E-state index contributed by atoms with van der Waals surface area (Å²) >= 11 is 0. The molecule has 0 aromatic heterocycles. The molecule has 0 saturated carbocycles. The third kappa shape index (κ3) is 4.12. The number of rotatable bonds is 5. The molecular weight excluding hydrogens is 165 g/mol. The second-order valence-electron chi connectivity index (χ2n) is 2.08. The van der Waals surface area contributed by atoms with Gasteiger partial charge >= 0.3 is 6.09 Å². The van der Waals surface area contributed by atoms with E-state index in [0.29, 0.717) is 6.54 Å². The first-order valence-electron chi connectivity index (χ1n) is 3.72. The van der Waals surface area contributed by atoms with Gasteiger partial charge in [-0.1, -0.05) is 0 Å². The van der Waals surface area contributed by atoms with E-state index >= 15 is 0 Å². The Morgan fingerprint density at radius 1 is 1.58 bits per heavy atom. The minimum absolute atomic E-state index is 0.168. The first-order chi connectivity index (χ1) is 5.76. The van der Waals surface area contributed by atoms with Gasteiger partial charge in [-0.05, 0) is 6.92 Å². The van der Waals surface area contributed by atoms with Crippen LogP contribution in [0.25, 0.3) is 0 Å². The standard InChI is InChI=1S/C7H14FNO3/c1-3-9(6-11-2)7(10)12-5-4-8/h3-6H2,1-2H3. The lowest BCUT2D eigenvalue weighted by Crippen LogP contribution is -2.33. The topological polar surface area (TPSA) is 38.8 Å². The quantitative estimate of drug-likeness (QED) is 0.591. The summed E-state index contributed by atoms with van der Waals surface area (Å²) in [5.41, 5.74) is 0. The Kier molecular flexibility index (Phi) is 6.37. The minimum Gasteiger partial charge on any atom is -0.447 e. The number of hydrogen-bond donors (Lipinski definition) is 0. The van der Waals surface area contributed by atoms with Crippen LogP contribution in [-0.4, -0.2) is 44.7 Å². The Labute approximate surface area is 71.2 Å². The highest BCUT2D eigenvalue weighted by Gasteiger charge is 2.11. The molecule has 0 spiro atoms. The number of hydrogen-bond acceptors (Lipinski definition) is 3. The van der Waals surface area contributed by atoms with E-state index in [1.165, 1.54) is 12.0 Å². The SMILES string of the molecule is CCN(COC)C(=O)OCCF. The molecule has 0 aliphatic heterocycles. The maximum absolute atomic E-state index is 11.6. The van der Waals surface area contributed by atoms with E-state index in [1.54, 1.807) is 6.92 Å². The summed E-state index contributed by atoms with van der Waals surface area (Å²) in [5.74, 6) is 0. The number of nitrogens with zero attached hydrogens (tertiary/aromatic N) is 1. The van der Waals surface area contributed by atoms with Crippen molar-refractivity contribution in [3.63, 3.8) is 0 Å². The summed E-state index contributed by atoms with van der Waals surface area (Å²) in [6.07, 6.45) is -0.544. The third-order valence-electron chi connectivity index (χ3n) is 1.23. The molecule has 0 N–H and O–H groups in total. The van der Waals surface area contributed by atoms with Crippen molar-refractivity contribution in [2.75, 3.05) is 33.7 Å². The second kappa shape index (κ2) is 6.84. The van der Waals surface area contributed by atoms with Gasteiger partial charge in [-0.25, -0.2) is 9.18 Å². The Morgan fingerprint density at radius 3 is 2.67 bits per heavy atom. The zero-order valence-corrected chi connectivity index (χ0v) is 7.38. The van der Waals surface area contributed by atoms with E-state index < -0.39 is 12.8 Å². The predicted octanol–water partition coefficient (Wildman–Crippen LogP) is 1.02. The molecule has 0 aromatic carbocycles. The van der Waals surface area contributed by atoms with Gasteiger partial charge in [0.05, 0.1) is 0 Å². The number of carbonyl (C=O) groups is 1. The van der Waals surface area contributed by atoms with Crippen molar-refractivity contribution in [3.8, 4) is 0 Å². The van der Waals surface area contributed by atoms with Crippen LogP contribution in [0.2, 0.25) is 0 Å². The Balaban J connectivity index is 3.69. The van der Waals surface area contributed by atoms with Crippen LogP contribution >= 0.6 is 0 Å².